The third-order valence-electron chi connectivity index (χ3n) is 2.50. The van der Waals surface area contributed by atoms with E-state index in [-0.39, 0.29) is 19.7 Å². The number of halogens is 3. The summed E-state index contributed by atoms with van der Waals surface area (Å²) in [4.78, 5) is 14.0. The van der Waals surface area contributed by atoms with Crippen LogP contribution in [0.4, 0.5) is 13.2 Å². The molecule has 5 nitrogen and oxygen atoms in total. The normalized spacial score (nSPS) is 19.5. The Kier molecular flexibility index (Phi) is 5.16. The van der Waals surface area contributed by atoms with Gasteiger partial charge in [-0.3, -0.25) is 19.3 Å². The van der Waals surface area contributed by atoms with Crippen LogP contribution in [0, 0.1) is 0 Å². The molecule has 1 saturated heterocycles. The predicted octanol–water partition coefficient (Wildman–Crippen LogP) is 0.225. The van der Waals surface area contributed by atoms with Gasteiger partial charge >= 0.3 is 12.3 Å². The molecule has 0 aromatic heterocycles. The first-order valence-electron chi connectivity index (χ1n) is 5.24. The fourth-order valence-corrected chi connectivity index (χ4v) is 1.65. The Balaban J connectivity index is 2.13. The molecule has 0 saturated carbocycles. The molecule has 1 rings (SSSR count). The van der Waals surface area contributed by atoms with Crippen LogP contribution in [-0.2, 0) is 9.53 Å². The van der Waals surface area contributed by atoms with Crippen LogP contribution in [0.25, 0.3) is 0 Å². The molecule has 0 aromatic carbocycles. The molecule has 8 heteroatoms. The number of carboxylic acid groups (broad SMARTS) is 1. The molecule has 0 bridgehead atoms. The van der Waals surface area contributed by atoms with Gasteiger partial charge in [0.05, 0.1) is 13.2 Å². The number of carbonyl (C=O) groups is 1. The Morgan fingerprint density at radius 1 is 1.18 bits per heavy atom. The zero-order valence-electron chi connectivity index (χ0n) is 9.24. The molecule has 1 heterocycles. The van der Waals surface area contributed by atoms with Gasteiger partial charge in [0.2, 0.25) is 0 Å². The second-order valence-electron chi connectivity index (χ2n) is 3.81. The van der Waals surface area contributed by atoms with Crippen LogP contribution >= 0.6 is 0 Å². The van der Waals surface area contributed by atoms with Crippen LogP contribution in [0.5, 0.6) is 0 Å². The van der Waals surface area contributed by atoms with Crippen molar-refractivity contribution in [2.45, 2.75) is 6.36 Å². The Bertz CT molecular complexity index is 252. The SMILES string of the molecule is O=C(O)CN1CCN(CCOC(F)(F)F)CC1. The number of carboxylic acids is 1. The van der Waals surface area contributed by atoms with Crippen molar-refractivity contribution in [3.05, 3.63) is 0 Å². The van der Waals surface area contributed by atoms with Gasteiger partial charge < -0.3 is 5.11 Å². The minimum absolute atomic E-state index is 0.0209. The third kappa shape index (κ3) is 6.44. The summed E-state index contributed by atoms with van der Waals surface area (Å²) >= 11 is 0. The van der Waals surface area contributed by atoms with Crippen molar-refractivity contribution >= 4 is 5.97 Å². The van der Waals surface area contributed by atoms with Gasteiger partial charge in [-0.05, 0) is 0 Å². The lowest BCUT2D eigenvalue weighted by Crippen LogP contribution is -2.48. The van der Waals surface area contributed by atoms with E-state index in [1.807, 2.05) is 4.90 Å². The van der Waals surface area contributed by atoms with E-state index in [1.54, 1.807) is 4.90 Å². The minimum atomic E-state index is -4.58. The summed E-state index contributed by atoms with van der Waals surface area (Å²) in [6.07, 6.45) is -4.58. The molecule has 17 heavy (non-hydrogen) atoms. The van der Waals surface area contributed by atoms with Gasteiger partial charge in [0.1, 0.15) is 0 Å². The first-order chi connectivity index (χ1) is 7.87. The Morgan fingerprint density at radius 3 is 2.18 bits per heavy atom. The molecular formula is C9H15F3N2O3. The molecule has 1 aliphatic rings. The van der Waals surface area contributed by atoms with Crippen LogP contribution in [0.1, 0.15) is 0 Å². The Hall–Kier alpha value is -0.860. The first kappa shape index (κ1) is 14.2. The van der Waals surface area contributed by atoms with Crippen LogP contribution in [0.15, 0.2) is 0 Å². The van der Waals surface area contributed by atoms with E-state index in [1.165, 1.54) is 0 Å². The number of piperazine rings is 1. The number of hydrogen-bond donors (Lipinski definition) is 1. The molecular weight excluding hydrogens is 241 g/mol. The van der Waals surface area contributed by atoms with E-state index in [0.29, 0.717) is 26.2 Å². The van der Waals surface area contributed by atoms with E-state index >= 15 is 0 Å². The minimum Gasteiger partial charge on any atom is -0.480 e. The van der Waals surface area contributed by atoms with Gasteiger partial charge in [-0.15, -0.1) is 13.2 Å². The monoisotopic (exact) mass is 256 g/mol. The molecule has 0 spiro atoms. The fourth-order valence-electron chi connectivity index (χ4n) is 1.65. The highest BCUT2D eigenvalue weighted by molar-refractivity contribution is 5.69. The zero-order chi connectivity index (χ0) is 12.9. The van der Waals surface area contributed by atoms with Gasteiger partial charge in [-0.1, -0.05) is 0 Å². The summed E-state index contributed by atoms with van der Waals surface area (Å²) in [5, 5.41) is 8.56. The number of rotatable bonds is 5. The number of hydrogen-bond acceptors (Lipinski definition) is 4. The average molecular weight is 256 g/mol. The third-order valence-corrected chi connectivity index (χ3v) is 2.50. The largest absolute Gasteiger partial charge is 0.522 e. The van der Waals surface area contributed by atoms with Gasteiger partial charge in [0.15, 0.2) is 0 Å². The summed E-state index contributed by atoms with van der Waals surface area (Å²) in [5.41, 5.74) is 0. The molecule has 1 aliphatic heterocycles. The lowest BCUT2D eigenvalue weighted by atomic mass is 10.3. The number of ether oxygens (including phenoxy) is 1. The molecule has 0 aliphatic carbocycles. The summed E-state index contributed by atoms with van der Waals surface area (Å²) in [6.45, 7) is 2.04. The van der Waals surface area contributed by atoms with Crippen LogP contribution in [0.3, 0.4) is 0 Å². The van der Waals surface area contributed by atoms with E-state index < -0.39 is 12.3 Å². The van der Waals surface area contributed by atoms with Gasteiger partial charge in [0.25, 0.3) is 0 Å². The standard InChI is InChI=1S/C9H15F3N2O3/c10-9(11,12)17-6-5-13-1-3-14(4-2-13)7-8(15)16/h1-7H2,(H,15,16). The topological polar surface area (TPSA) is 53.0 Å². The lowest BCUT2D eigenvalue weighted by Gasteiger charge is -2.33. The van der Waals surface area contributed by atoms with E-state index in [9.17, 15) is 18.0 Å². The summed E-state index contributed by atoms with van der Waals surface area (Å²) in [6, 6.07) is 0. The van der Waals surface area contributed by atoms with Crippen LogP contribution in [-0.4, -0.2) is 73.1 Å². The molecule has 0 unspecified atom stereocenters. The van der Waals surface area contributed by atoms with E-state index in [4.69, 9.17) is 5.11 Å². The van der Waals surface area contributed by atoms with E-state index in [2.05, 4.69) is 4.74 Å². The predicted molar refractivity (Wildman–Crippen MR) is 52.5 cm³/mol. The molecule has 1 N–H and O–H groups in total. The maximum atomic E-state index is 11.7. The van der Waals surface area contributed by atoms with Gasteiger partial charge in [-0.2, -0.15) is 0 Å². The smallest absolute Gasteiger partial charge is 0.480 e. The quantitative estimate of drug-likeness (QED) is 0.763. The average Bonchev–Trinajstić information content (AvgIpc) is 2.18. The number of aliphatic carboxylic acids is 1. The lowest BCUT2D eigenvalue weighted by molar-refractivity contribution is -0.325. The molecule has 0 aromatic rings. The van der Waals surface area contributed by atoms with Crippen molar-refractivity contribution in [1.29, 1.82) is 0 Å². The summed E-state index contributed by atoms with van der Waals surface area (Å²) in [5.74, 6) is -0.890. The van der Waals surface area contributed by atoms with Crippen molar-refractivity contribution in [1.82, 2.24) is 9.80 Å². The maximum absolute atomic E-state index is 11.7. The van der Waals surface area contributed by atoms with Crippen LogP contribution < -0.4 is 0 Å². The first-order valence-corrected chi connectivity index (χ1v) is 5.24. The van der Waals surface area contributed by atoms with Crippen molar-refractivity contribution in [2.75, 3.05) is 45.9 Å². The highest BCUT2D eigenvalue weighted by Gasteiger charge is 2.29. The van der Waals surface area contributed by atoms with E-state index in [0.717, 1.165) is 0 Å². The highest BCUT2D eigenvalue weighted by atomic mass is 19.4. The zero-order valence-corrected chi connectivity index (χ0v) is 9.24. The van der Waals surface area contributed by atoms with Crippen molar-refractivity contribution in [3.8, 4) is 0 Å². The van der Waals surface area contributed by atoms with Crippen molar-refractivity contribution in [3.63, 3.8) is 0 Å². The Labute approximate surface area is 96.7 Å². The molecule has 100 valence electrons. The fraction of sp³-hybridized carbons (Fsp3) is 0.889. The maximum Gasteiger partial charge on any atom is 0.522 e. The second-order valence-corrected chi connectivity index (χ2v) is 3.81. The van der Waals surface area contributed by atoms with Crippen molar-refractivity contribution in [2.24, 2.45) is 0 Å². The number of alkyl halides is 3. The summed E-state index contributed by atoms with van der Waals surface area (Å²) < 4.78 is 38.8. The van der Waals surface area contributed by atoms with Crippen LogP contribution in [0.2, 0.25) is 0 Å². The van der Waals surface area contributed by atoms with Crippen molar-refractivity contribution < 1.29 is 27.8 Å². The van der Waals surface area contributed by atoms with Gasteiger partial charge in [-0.25, -0.2) is 0 Å². The molecule has 1 fully saturated rings. The molecule has 0 atom stereocenters. The second kappa shape index (κ2) is 6.18. The Morgan fingerprint density at radius 2 is 1.71 bits per heavy atom. The number of nitrogens with zero attached hydrogens (tertiary/aromatic N) is 2. The van der Waals surface area contributed by atoms with Gasteiger partial charge in [0, 0.05) is 32.7 Å². The molecule has 0 radical (unpaired) electrons. The highest BCUT2D eigenvalue weighted by Crippen LogP contribution is 2.15. The molecule has 0 amide bonds. The summed E-state index contributed by atoms with van der Waals surface area (Å²) in [7, 11) is 0.